The average Bonchev–Trinajstić information content (AvgIpc) is 2.68. The zero-order chi connectivity index (χ0) is 17.3. The molecule has 0 radical (unpaired) electrons. The topological polar surface area (TPSA) is 29.1 Å². The van der Waals surface area contributed by atoms with Crippen molar-refractivity contribution >= 4 is 11.5 Å². The molecule has 0 atom stereocenters. The summed E-state index contributed by atoms with van der Waals surface area (Å²) in [5, 5.41) is 3.39. The van der Waals surface area contributed by atoms with Crippen LogP contribution in [0.4, 0.5) is 5.69 Å². The van der Waals surface area contributed by atoms with Crippen molar-refractivity contribution in [1.82, 2.24) is 0 Å². The molecule has 0 aliphatic rings. The summed E-state index contributed by atoms with van der Waals surface area (Å²) in [4.78, 5) is 12.5. The Kier molecular flexibility index (Phi) is 5.78. The fourth-order valence-corrected chi connectivity index (χ4v) is 2.65. The summed E-state index contributed by atoms with van der Waals surface area (Å²) < 4.78 is 0. The molecule has 124 valence electrons. The highest BCUT2D eigenvalue weighted by Gasteiger charge is 2.06. The first-order chi connectivity index (χ1) is 12.3. The second-order valence-electron chi connectivity index (χ2n) is 5.88. The largest absolute Gasteiger partial charge is 0.359 e. The molecule has 2 heteroatoms. The van der Waals surface area contributed by atoms with Crippen LogP contribution in [0.5, 0.6) is 0 Å². The van der Waals surface area contributed by atoms with Crippen molar-refractivity contribution in [3.05, 3.63) is 114 Å². The average molecular weight is 327 g/mol. The van der Waals surface area contributed by atoms with E-state index in [-0.39, 0.29) is 5.78 Å². The van der Waals surface area contributed by atoms with Crippen molar-refractivity contribution in [2.24, 2.45) is 0 Å². The van der Waals surface area contributed by atoms with E-state index in [1.165, 1.54) is 5.56 Å². The van der Waals surface area contributed by atoms with Gasteiger partial charge in [-0.3, -0.25) is 4.79 Å². The minimum Gasteiger partial charge on any atom is -0.359 e. The molecule has 0 aliphatic carbocycles. The molecule has 3 aromatic rings. The van der Waals surface area contributed by atoms with Gasteiger partial charge in [-0.05, 0) is 30.5 Å². The van der Waals surface area contributed by atoms with E-state index in [0.29, 0.717) is 5.56 Å². The maximum atomic E-state index is 12.5. The summed E-state index contributed by atoms with van der Waals surface area (Å²) in [5.41, 5.74) is 3.87. The molecule has 3 rings (SSSR count). The van der Waals surface area contributed by atoms with Gasteiger partial charge < -0.3 is 5.32 Å². The van der Waals surface area contributed by atoms with E-state index in [0.717, 1.165) is 24.2 Å². The standard InChI is InChI=1S/C23H21NO/c25-23(20-12-6-2-7-13-20)18-22(24-21-14-8-3-9-15-21)17-16-19-10-4-1-5-11-19/h1-15,18,24H,16-17H2/b22-18+. The molecule has 1 N–H and O–H groups in total. The molecule has 0 unspecified atom stereocenters. The minimum absolute atomic E-state index is 0.0205. The van der Waals surface area contributed by atoms with Gasteiger partial charge in [-0.15, -0.1) is 0 Å². The van der Waals surface area contributed by atoms with Crippen molar-refractivity contribution in [3.8, 4) is 0 Å². The van der Waals surface area contributed by atoms with E-state index in [4.69, 9.17) is 0 Å². The van der Waals surface area contributed by atoms with Crippen LogP contribution in [0.1, 0.15) is 22.3 Å². The Morgan fingerprint density at radius 3 is 1.96 bits per heavy atom. The van der Waals surface area contributed by atoms with Gasteiger partial charge in [0.05, 0.1) is 0 Å². The number of benzene rings is 3. The number of rotatable bonds is 7. The lowest BCUT2D eigenvalue weighted by Crippen LogP contribution is -2.05. The number of carbonyl (C=O) groups excluding carboxylic acids is 1. The minimum atomic E-state index is 0.0205. The molecule has 0 heterocycles. The maximum absolute atomic E-state index is 12.5. The third-order valence-corrected chi connectivity index (χ3v) is 3.97. The smallest absolute Gasteiger partial charge is 0.187 e. The number of nitrogens with one attached hydrogen (secondary N) is 1. The van der Waals surface area contributed by atoms with Crippen molar-refractivity contribution in [2.75, 3.05) is 5.32 Å². The summed E-state index contributed by atoms with van der Waals surface area (Å²) in [6, 6.07) is 29.6. The van der Waals surface area contributed by atoms with Gasteiger partial charge in [0, 0.05) is 23.0 Å². The third-order valence-electron chi connectivity index (χ3n) is 3.97. The summed E-state index contributed by atoms with van der Waals surface area (Å²) in [7, 11) is 0. The zero-order valence-corrected chi connectivity index (χ0v) is 14.1. The van der Waals surface area contributed by atoms with Crippen LogP contribution in [0.25, 0.3) is 0 Å². The number of anilines is 1. The van der Waals surface area contributed by atoms with E-state index in [2.05, 4.69) is 17.4 Å². The molecule has 0 saturated heterocycles. The van der Waals surface area contributed by atoms with Gasteiger partial charge in [-0.1, -0.05) is 78.9 Å². The second-order valence-corrected chi connectivity index (χ2v) is 5.88. The van der Waals surface area contributed by atoms with Crippen LogP contribution in [0.3, 0.4) is 0 Å². The number of hydrogen-bond donors (Lipinski definition) is 1. The Labute approximate surface area is 148 Å². The van der Waals surface area contributed by atoms with Crippen LogP contribution >= 0.6 is 0 Å². The van der Waals surface area contributed by atoms with E-state index >= 15 is 0 Å². The molecule has 0 amide bonds. The molecule has 0 bridgehead atoms. The predicted molar refractivity (Wildman–Crippen MR) is 104 cm³/mol. The lowest BCUT2D eigenvalue weighted by Gasteiger charge is -2.11. The second kappa shape index (κ2) is 8.65. The van der Waals surface area contributed by atoms with E-state index in [1.807, 2.05) is 78.9 Å². The summed E-state index contributed by atoms with van der Waals surface area (Å²) in [5.74, 6) is 0.0205. The Hall–Kier alpha value is -3.13. The zero-order valence-electron chi connectivity index (χ0n) is 14.1. The van der Waals surface area contributed by atoms with E-state index < -0.39 is 0 Å². The molecule has 0 fully saturated rings. The fourth-order valence-electron chi connectivity index (χ4n) is 2.65. The highest BCUT2D eigenvalue weighted by atomic mass is 16.1. The molecular weight excluding hydrogens is 306 g/mol. The Morgan fingerprint density at radius 1 is 0.760 bits per heavy atom. The van der Waals surface area contributed by atoms with Gasteiger partial charge in [0.2, 0.25) is 0 Å². The molecular formula is C23H21NO. The highest BCUT2D eigenvalue weighted by molar-refractivity contribution is 6.05. The van der Waals surface area contributed by atoms with Crippen LogP contribution in [-0.2, 0) is 6.42 Å². The SMILES string of the molecule is O=C(/C=C(\CCc1ccccc1)Nc1ccccc1)c1ccccc1. The van der Waals surface area contributed by atoms with Crippen molar-refractivity contribution in [1.29, 1.82) is 0 Å². The summed E-state index contributed by atoms with van der Waals surface area (Å²) >= 11 is 0. The van der Waals surface area contributed by atoms with Crippen molar-refractivity contribution in [3.63, 3.8) is 0 Å². The van der Waals surface area contributed by atoms with Gasteiger partial charge >= 0.3 is 0 Å². The number of para-hydroxylation sites is 1. The number of allylic oxidation sites excluding steroid dienone is 2. The van der Waals surface area contributed by atoms with Crippen LogP contribution in [-0.4, -0.2) is 5.78 Å². The van der Waals surface area contributed by atoms with Crippen LogP contribution in [0.15, 0.2) is 103 Å². The van der Waals surface area contributed by atoms with Crippen molar-refractivity contribution < 1.29 is 4.79 Å². The lowest BCUT2D eigenvalue weighted by molar-refractivity contribution is 0.104. The molecule has 25 heavy (non-hydrogen) atoms. The molecule has 0 spiro atoms. The molecule has 3 aromatic carbocycles. The maximum Gasteiger partial charge on any atom is 0.187 e. The van der Waals surface area contributed by atoms with E-state index in [1.54, 1.807) is 6.08 Å². The Balaban J connectivity index is 1.78. The Bertz CT molecular complexity index is 824. The highest BCUT2D eigenvalue weighted by Crippen LogP contribution is 2.15. The number of ketones is 1. The van der Waals surface area contributed by atoms with Crippen LogP contribution in [0, 0.1) is 0 Å². The van der Waals surface area contributed by atoms with Gasteiger partial charge in [0.1, 0.15) is 0 Å². The molecule has 0 saturated carbocycles. The third kappa shape index (κ3) is 5.18. The van der Waals surface area contributed by atoms with Gasteiger partial charge in [0.15, 0.2) is 5.78 Å². The molecule has 2 nitrogen and oxygen atoms in total. The predicted octanol–water partition coefficient (Wildman–Crippen LogP) is 5.50. The summed E-state index contributed by atoms with van der Waals surface area (Å²) in [6.45, 7) is 0. The normalized spacial score (nSPS) is 11.1. The Morgan fingerprint density at radius 2 is 1.32 bits per heavy atom. The first-order valence-corrected chi connectivity index (χ1v) is 8.47. The van der Waals surface area contributed by atoms with Crippen LogP contribution < -0.4 is 5.32 Å². The first kappa shape index (κ1) is 16.7. The molecule has 0 aromatic heterocycles. The van der Waals surface area contributed by atoms with Gasteiger partial charge in [0.25, 0.3) is 0 Å². The van der Waals surface area contributed by atoms with Gasteiger partial charge in [-0.2, -0.15) is 0 Å². The first-order valence-electron chi connectivity index (χ1n) is 8.47. The van der Waals surface area contributed by atoms with Gasteiger partial charge in [-0.25, -0.2) is 0 Å². The van der Waals surface area contributed by atoms with E-state index in [9.17, 15) is 4.79 Å². The molecule has 0 aliphatic heterocycles. The number of carbonyl (C=O) groups is 1. The van der Waals surface area contributed by atoms with Crippen molar-refractivity contribution in [2.45, 2.75) is 12.8 Å². The van der Waals surface area contributed by atoms with Crippen LogP contribution in [0.2, 0.25) is 0 Å². The fraction of sp³-hybridized carbons (Fsp3) is 0.0870. The quantitative estimate of drug-likeness (QED) is 0.459. The monoisotopic (exact) mass is 327 g/mol. The summed E-state index contributed by atoms with van der Waals surface area (Å²) in [6.07, 6.45) is 3.37. The number of hydrogen-bond acceptors (Lipinski definition) is 2. The lowest BCUT2D eigenvalue weighted by atomic mass is 10.1. The number of aryl methyl sites for hydroxylation is 1.